The minimum Gasteiger partial charge on any atom is -0.334 e. The normalized spacial score (nSPS) is 25.2. The summed E-state index contributed by atoms with van der Waals surface area (Å²) in [4.78, 5) is 9.20. The van der Waals surface area contributed by atoms with Gasteiger partial charge in [-0.2, -0.15) is 0 Å². The maximum Gasteiger partial charge on any atom is 0.161 e. The molecule has 0 radical (unpaired) electrons. The maximum atomic E-state index is 4.95. The van der Waals surface area contributed by atoms with Crippen LogP contribution < -0.4 is 5.32 Å². The van der Waals surface area contributed by atoms with Gasteiger partial charge in [0.25, 0.3) is 0 Å². The first-order valence-electron chi connectivity index (χ1n) is 7.70. The molecule has 4 rings (SSSR count). The monoisotopic (exact) mass is 297 g/mol. The Bertz CT molecular complexity index is 677. The van der Waals surface area contributed by atoms with Crippen molar-refractivity contribution in [2.75, 3.05) is 11.1 Å². The van der Waals surface area contributed by atoms with E-state index < -0.39 is 0 Å². The van der Waals surface area contributed by atoms with E-state index in [1.165, 1.54) is 36.8 Å². The minimum absolute atomic E-state index is 0.538. The quantitative estimate of drug-likeness (QED) is 0.852. The Labute approximate surface area is 129 Å². The van der Waals surface area contributed by atoms with Gasteiger partial charge in [0, 0.05) is 29.2 Å². The average molecular weight is 297 g/mol. The first-order valence-corrected chi connectivity index (χ1v) is 8.69. The maximum absolute atomic E-state index is 4.95. The molecule has 1 aliphatic carbocycles. The molecule has 2 atom stereocenters. The fourth-order valence-electron chi connectivity index (χ4n) is 3.33. The molecule has 0 amide bonds. The summed E-state index contributed by atoms with van der Waals surface area (Å²) >= 11 is 1.87. The minimum atomic E-state index is 0.538. The number of fused-ring (bicyclic) bond motifs is 2. The molecule has 2 unspecified atom stereocenters. The number of nitrogens with zero attached hydrogens (tertiary/aromatic N) is 2. The average Bonchev–Trinajstić information content (AvgIpc) is 2.55. The standard InChI is InChI=1S/C17H19N3S/c1-2-6-15-13(4-1)11-21-17(19-15)20-16-7-3-5-12-8-9-18-10-14(12)16/h3,5,7-10,13,15H,1-2,4,6,11H2,(H,19,20). The Morgan fingerprint density at radius 1 is 1.14 bits per heavy atom. The van der Waals surface area contributed by atoms with Gasteiger partial charge < -0.3 is 5.32 Å². The van der Waals surface area contributed by atoms with Gasteiger partial charge in [-0.05, 0) is 36.3 Å². The van der Waals surface area contributed by atoms with Crippen LogP contribution in [0.5, 0.6) is 0 Å². The van der Waals surface area contributed by atoms with Gasteiger partial charge in [-0.15, -0.1) is 0 Å². The highest BCUT2D eigenvalue weighted by Crippen LogP contribution is 2.34. The molecule has 21 heavy (non-hydrogen) atoms. The molecule has 1 aliphatic heterocycles. The summed E-state index contributed by atoms with van der Waals surface area (Å²) in [5.74, 6) is 2.00. The fraction of sp³-hybridized carbons (Fsp3) is 0.412. The van der Waals surface area contributed by atoms with Crippen LogP contribution in [0, 0.1) is 5.92 Å². The van der Waals surface area contributed by atoms with Crippen LogP contribution >= 0.6 is 11.8 Å². The molecule has 0 spiro atoms. The van der Waals surface area contributed by atoms with Crippen LogP contribution in [-0.2, 0) is 0 Å². The van der Waals surface area contributed by atoms with Crippen LogP contribution in [0.3, 0.4) is 0 Å². The summed E-state index contributed by atoms with van der Waals surface area (Å²) in [5.41, 5.74) is 1.11. The number of anilines is 1. The third kappa shape index (κ3) is 2.64. The fourth-order valence-corrected chi connectivity index (χ4v) is 4.49. The largest absolute Gasteiger partial charge is 0.334 e. The number of benzene rings is 1. The highest BCUT2D eigenvalue weighted by Gasteiger charge is 2.29. The van der Waals surface area contributed by atoms with Crippen LogP contribution in [0.4, 0.5) is 5.69 Å². The zero-order valence-electron chi connectivity index (χ0n) is 12.0. The second-order valence-electron chi connectivity index (χ2n) is 5.88. The number of thioether (sulfide) groups is 1. The van der Waals surface area contributed by atoms with Crippen LogP contribution in [0.2, 0.25) is 0 Å². The second-order valence-corrected chi connectivity index (χ2v) is 6.89. The zero-order chi connectivity index (χ0) is 14.1. The summed E-state index contributed by atoms with van der Waals surface area (Å²) in [6, 6.07) is 8.90. The Hall–Kier alpha value is -1.55. The molecule has 1 aromatic heterocycles. The van der Waals surface area contributed by atoms with Crippen molar-refractivity contribution in [3.63, 3.8) is 0 Å². The molecule has 4 heteroatoms. The molecule has 0 bridgehead atoms. The Morgan fingerprint density at radius 3 is 3.10 bits per heavy atom. The van der Waals surface area contributed by atoms with Gasteiger partial charge in [0.05, 0.1) is 6.04 Å². The third-order valence-electron chi connectivity index (χ3n) is 4.51. The van der Waals surface area contributed by atoms with Gasteiger partial charge in [0.2, 0.25) is 0 Å². The molecule has 108 valence electrons. The Balaban J connectivity index is 1.61. The van der Waals surface area contributed by atoms with Crippen molar-refractivity contribution in [2.45, 2.75) is 31.7 Å². The molecule has 1 N–H and O–H groups in total. The summed E-state index contributed by atoms with van der Waals surface area (Å²) in [6.07, 6.45) is 9.09. The van der Waals surface area contributed by atoms with Crippen LogP contribution in [0.25, 0.3) is 10.8 Å². The molecule has 2 aromatic rings. The van der Waals surface area contributed by atoms with Crippen molar-refractivity contribution >= 4 is 33.4 Å². The van der Waals surface area contributed by atoms with E-state index in [0.29, 0.717) is 6.04 Å². The van der Waals surface area contributed by atoms with Gasteiger partial charge >= 0.3 is 0 Å². The summed E-state index contributed by atoms with van der Waals surface area (Å²) in [5, 5.41) is 6.98. The molecule has 2 aliphatic rings. The lowest BCUT2D eigenvalue weighted by Gasteiger charge is -2.32. The van der Waals surface area contributed by atoms with E-state index in [9.17, 15) is 0 Å². The molecule has 0 saturated heterocycles. The van der Waals surface area contributed by atoms with E-state index in [1.54, 1.807) is 0 Å². The van der Waals surface area contributed by atoms with Crippen molar-refractivity contribution in [3.8, 4) is 0 Å². The van der Waals surface area contributed by atoms with Gasteiger partial charge in [0.15, 0.2) is 5.17 Å². The lowest BCUT2D eigenvalue weighted by Crippen LogP contribution is -2.31. The van der Waals surface area contributed by atoms with Gasteiger partial charge in [0.1, 0.15) is 0 Å². The zero-order valence-corrected chi connectivity index (χ0v) is 12.8. The number of nitrogens with one attached hydrogen (secondary N) is 1. The van der Waals surface area contributed by atoms with Crippen molar-refractivity contribution in [1.29, 1.82) is 0 Å². The smallest absolute Gasteiger partial charge is 0.161 e. The first kappa shape index (κ1) is 13.1. The number of hydrogen-bond donors (Lipinski definition) is 1. The lowest BCUT2D eigenvalue weighted by molar-refractivity contribution is 0.336. The SMILES string of the molecule is c1cc(NC2=NC3CCCCC3CS2)c2cnccc2c1. The van der Waals surface area contributed by atoms with E-state index >= 15 is 0 Å². The number of pyridine rings is 1. The predicted octanol–water partition coefficient (Wildman–Crippen LogP) is 4.31. The third-order valence-corrected chi connectivity index (χ3v) is 5.59. The summed E-state index contributed by atoms with van der Waals surface area (Å²) in [6.45, 7) is 0. The van der Waals surface area contributed by atoms with Crippen molar-refractivity contribution < 1.29 is 0 Å². The second kappa shape index (κ2) is 5.68. The molecule has 1 fully saturated rings. The Kier molecular flexibility index (Phi) is 3.55. The van der Waals surface area contributed by atoms with Crippen LogP contribution in [-0.4, -0.2) is 21.9 Å². The van der Waals surface area contributed by atoms with Gasteiger partial charge in [-0.3, -0.25) is 9.98 Å². The highest BCUT2D eigenvalue weighted by atomic mass is 32.2. The van der Waals surface area contributed by atoms with Crippen molar-refractivity contribution in [1.82, 2.24) is 4.98 Å². The van der Waals surface area contributed by atoms with Crippen molar-refractivity contribution in [2.24, 2.45) is 10.9 Å². The topological polar surface area (TPSA) is 37.3 Å². The van der Waals surface area contributed by atoms with E-state index in [1.807, 2.05) is 30.2 Å². The van der Waals surface area contributed by atoms with E-state index in [4.69, 9.17) is 4.99 Å². The molecular weight excluding hydrogens is 278 g/mol. The van der Waals surface area contributed by atoms with Crippen LogP contribution in [0.15, 0.2) is 41.7 Å². The first-order chi connectivity index (χ1) is 10.4. The Morgan fingerprint density at radius 2 is 2.10 bits per heavy atom. The van der Waals surface area contributed by atoms with Crippen LogP contribution in [0.1, 0.15) is 25.7 Å². The predicted molar refractivity (Wildman–Crippen MR) is 91.0 cm³/mol. The highest BCUT2D eigenvalue weighted by molar-refractivity contribution is 8.14. The van der Waals surface area contributed by atoms with E-state index in [2.05, 4.69) is 28.5 Å². The number of rotatable bonds is 1. The lowest BCUT2D eigenvalue weighted by atomic mass is 9.86. The molecule has 1 aromatic carbocycles. The van der Waals surface area contributed by atoms with Gasteiger partial charge in [-0.1, -0.05) is 36.7 Å². The number of aliphatic imine (C=N–C) groups is 1. The summed E-state index contributed by atoms with van der Waals surface area (Å²) in [7, 11) is 0. The van der Waals surface area contributed by atoms with E-state index in [-0.39, 0.29) is 0 Å². The number of hydrogen-bond acceptors (Lipinski definition) is 4. The van der Waals surface area contributed by atoms with Gasteiger partial charge in [-0.25, -0.2) is 0 Å². The molecule has 3 nitrogen and oxygen atoms in total. The number of amidine groups is 1. The molecule has 2 heterocycles. The molecular formula is C17H19N3S. The summed E-state index contributed by atoms with van der Waals surface area (Å²) < 4.78 is 0. The van der Waals surface area contributed by atoms with Crippen molar-refractivity contribution in [3.05, 3.63) is 36.7 Å². The van der Waals surface area contributed by atoms with E-state index in [0.717, 1.165) is 22.2 Å². The number of aromatic nitrogens is 1. The molecule has 1 saturated carbocycles.